The Hall–Kier alpha value is -2.85. The summed E-state index contributed by atoms with van der Waals surface area (Å²) >= 11 is 0. The van der Waals surface area contributed by atoms with Gasteiger partial charge in [-0.15, -0.1) is 0 Å². The maximum atomic E-state index is 13.5. The molecule has 0 heterocycles. The lowest BCUT2D eigenvalue weighted by Crippen LogP contribution is -2.39. The molecule has 2 aromatic rings. The number of hydrogen-bond acceptors (Lipinski definition) is 3. The first-order valence-electron chi connectivity index (χ1n) is 14.5. The van der Waals surface area contributed by atoms with Gasteiger partial charge in [-0.2, -0.15) is 0 Å². The average molecular weight is 515 g/mol. The lowest BCUT2D eigenvalue weighted by atomic mass is 9.80. The molecule has 4 heteroatoms. The highest BCUT2D eigenvalue weighted by molar-refractivity contribution is 6.04. The van der Waals surface area contributed by atoms with E-state index in [0.29, 0.717) is 30.5 Å². The number of benzene rings is 2. The molecule has 204 valence electrons. The van der Waals surface area contributed by atoms with Crippen LogP contribution in [0.15, 0.2) is 65.8 Å². The van der Waals surface area contributed by atoms with E-state index in [2.05, 4.69) is 88.2 Å². The summed E-state index contributed by atoms with van der Waals surface area (Å²) in [6.07, 6.45) is 9.83. The summed E-state index contributed by atoms with van der Waals surface area (Å²) < 4.78 is 6.18. The molecule has 38 heavy (non-hydrogen) atoms. The Morgan fingerprint density at radius 2 is 1.66 bits per heavy atom. The minimum absolute atomic E-state index is 0.0486. The van der Waals surface area contributed by atoms with Crippen molar-refractivity contribution in [3.05, 3.63) is 82.5 Å². The van der Waals surface area contributed by atoms with E-state index in [1.54, 1.807) is 0 Å². The first-order valence-corrected chi connectivity index (χ1v) is 14.5. The van der Waals surface area contributed by atoms with Crippen molar-refractivity contribution >= 4 is 11.6 Å². The maximum Gasteiger partial charge on any atom is 0.251 e. The molecule has 0 radical (unpaired) electrons. The number of anilines is 1. The van der Waals surface area contributed by atoms with Gasteiger partial charge >= 0.3 is 0 Å². The van der Waals surface area contributed by atoms with Crippen molar-refractivity contribution < 1.29 is 9.53 Å². The van der Waals surface area contributed by atoms with Gasteiger partial charge in [-0.1, -0.05) is 53.6 Å². The van der Waals surface area contributed by atoms with Gasteiger partial charge in [0.1, 0.15) is 12.4 Å². The van der Waals surface area contributed by atoms with Crippen molar-refractivity contribution in [2.24, 2.45) is 5.92 Å². The Kier molecular flexibility index (Phi) is 9.49. The third-order valence-electron chi connectivity index (χ3n) is 8.24. The number of fused-ring (bicyclic) bond motifs is 1. The Morgan fingerprint density at radius 3 is 2.37 bits per heavy atom. The molecule has 0 spiro atoms. The van der Waals surface area contributed by atoms with Gasteiger partial charge in [0.25, 0.3) is 5.91 Å². The van der Waals surface area contributed by atoms with E-state index in [1.165, 1.54) is 16.7 Å². The minimum atomic E-state index is 0.0486. The standard InChI is InChI=1S/C34H46N2O2/c1-23(2)36(24(3)4)20-21-38-33-22-30(18-12-26(33)6)35-34(37)32-9-7-8-29-16-15-28(17-19-31(29)32)27-13-10-25(5)11-14-27/h10-16,18,22-24,28-29H,7-9,17,19-21H2,1-6H3,(H,35,37). The summed E-state index contributed by atoms with van der Waals surface area (Å²) in [6.45, 7) is 14.6. The molecule has 4 nitrogen and oxygen atoms in total. The Balaban J connectivity index is 1.44. The Labute approximate surface area is 230 Å². The van der Waals surface area contributed by atoms with Crippen LogP contribution in [0.4, 0.5) is 5.69 Å². The SMILES string of the molecule is Cc1ccc(C2C=CC3CCCC(C(=O)Nc4ccc(C)c(OCCN(C(C)C)C(C)C)c4)=C3CC2)cc1. The van der Waals surface area contributed by atoms with Crippen molar-refractivity contribution in [1.29, 1.82) is 0 Å². The highest BCUT2D eigenvalue weighted by atomic mass is 16.5. The molecule has 0 fully saturated rings. The van der Waals surface area contributed by atoms with Crippen LogP contribution in [0.25, 0.3) is 0 Å². The van der Waals surface area contributed by atoms with E-state index in [-0.39, 0.29) is 5.91 Å². The van der Waals surface area contributed by atoms with E-state index >= 15 is 0 Å². The highest BCUT2D eigenvalue weighted by Gasteiger charge is 2.28. The van der Waals surface area contributed by atoms with Gasteiger partial charge in [0.15, 0.2) is 0 Å². The Morgan fingerprint density at radius 1 is 0.947 bits per heavy atom. The summed E-state index contributed by atoms with van der Waals surface area (Å²) in [5.74, 6) is 1.68. The van der Waals surface area contributed by atoms with Gasteiger partial charge < -0.3 is 10.1 Å². The molecule has 2 unspecified atom stereocenters. The number of amides is 1. The first-order chi connectivity index (χ1) is 18.2. The summed E-state index contributed by atoms with van der Waals surface area (Å²) in [5.41, 5.74) is 6.87. The molecule has 0 saturated carbocycles. The number of carbonyl (C=O) groups excluding carboxylic acids is 1. The van der Waals surface area contributed by atoms with Crippen molar-refractivity contribution in [3.8, 4) is 5.75 Å². The van der Waals surface area contributed by atoms with Crippen LogP contribution in [-0.4, -0.2) is 36.0 Å². The lowest BCUT2D eigenvalue weighted by molar-refractivity contribution is -0.113. The number of aryl methyl sites for hydroxylation is 2. The Bertz CT molecular complexity index is 1150. The molecule has 2 atom stereocenters. The van der Waals surface area contributed by atoms with Crippen molar-refractivity contribution in [2.75, 3.05) is 18.5 Å². The topological polar surface area (TPSA) is 41.6 Å². The summed E-state index contributed by atoms with van der Waals surface area (Å²) in [7, 11) is 0. The molecule has 0 saturated heterocycles. The first kappa shape index (κ1) is 28.2. The molecule has 1 N–H and O–H groups in total. The number of hydrogen-bond donors (Lipinski definition) is 1. The van der Waals surface area contributed by atoms with Crippen LogP contribution in [0.3, 0.4) is 0 Å². The zero-order valence-electron chi connectivity index (χ0n) is 24.2. The van der Waals surface area contributed by atoms with Gasteiger partial charge in [0, 0.05) is 41.9 Å². The number of allylic oxidation sites excluding steroid dienone is 3. The smallest absolute Gasteiger partial charge is 0.251 e. The number of carbonyl (C=O) groups is 1. The van der Waals surface area contributed by atoms with Gasteiger partial charge in [0.2, 0.25) is 0 Å². The highest BCUT2D eigenvalue weighted by Crippen LogP contribution is 2.40. The molecule has 2 aliphatic rings. The molecule has 4 rings (SSSR count). The third kappa shape index (κ3) is 6.96. The van der Waals surface area contributed by atoms with Crippen LogP contribution >= 0.6 is 0 Å². The van der Waals surface area contributed by atoms with Gasteiger partial charge in [-0.3, -0.25) is 9.69 Å². The van der Waals surface area contributed by atoms with Gasteiger partial charge in [-0.25, -0.2) is 0 Å². The molecule has 2 aliphatic carbocycles. The van der Waals surface area contributed by atoms with E-state index in [4.69, 9.17) is 4.74 Å². The maximum absolute atomic E-state index is 13.5. The largest absolute Gasteiger partial charge is 0.492 e. The predicted octanol–water partition coefficient (Wildman–Crippen LogP) is 7.97. The number of nitrogens with zero attached hydrogens (tertiary/aromatic N) is 1. The molecular formula is C34H46N2O2. The molecule has 0 aromatic heterocycles. The van der Waals surface area contributed by atoms with Crippen molar-refractivity contribution in [1.82, 2.24) is 4.90 Å². The monoisotopic (exact) mass is 514 g/mol. The fourth-order valence-electron chi connectivity index (χ4n) is 6.05. The van der Waals surface area contributed by atoms with Crippen LogP contribution in [-0.2, 0) is 4.79 Å². The average Bonchev–Trinajstić information content (AvgIpc) is 3.11. The second-order valence-electron chi connectivity index (χ2n) is 11.7. The third-order valence-corrected chi connectivity index (χ3v) is 8.24. The van der Waals surface area contributed by atoms with Crippen molar-refractivity contribution in [2.45, 2.75) is 91.6 Å². The lowest BCUT2D eigenvalue weighted by Gasteiger charge is -2.30. The molecule has 2 aromatic carbocycles. The fourth-order valence-corrected chi connectivity index (χ4v) is 6.05. The fraction of sp³-hybridized carbons (Fsp3) is 0.500. The van der Waals surface area contributed by atoms with Gasteiger partial charge in [0.05, 0.1) is 0 Å². The van der Waals surface area contributed by atoms with Gasteiger partial charge in [-0.05, 0) is 96.8 Å². The number of nitrogens with one attached hydrogen (secondary N) is 1. The summed E-state index contributed by atoms with van der Waals surface area (Å²) in [5, 5.41) is 3.21. The summed E-state index contributed by atoms with van der Waals surface area (Å²) in [6, 6.07) is 15.9. The molecule has 0 bridgehead atoms. The van der Waals surface area contributed by atoms with Crippen LogP contribution in [0.5, 0.6) is 5.75 Å². The number of ether oxygens (including phenoxy) is 1. The van der Waals surface area contributed by atoms with Crippen LogP contribution in [0.2, 0.25) is 0 Å². The van der Waals surface area contributed by atoms with E-state index in [0.717, 1.165) is 61.2 Å². The number of rotatable bonds is 9. The zero-order chi connectivity index (χ0) is 27.2. The van der Waals surface area contributed by atoms with E-state index in [9.17, 15) is 4.79 Å². The quantitative estimate of drug-likeness (QED) is 0.345. The van der Waals surface area contributed by atoms with Crippen LogP contribution in [0.1, 0.15) is 82.4 Å². The normalized spacial score (nSPS) is 19.6. The zero-order valence-corrected chi connectivity index (χ0v) is 24.2. The van der Waals surface area contributed by atoms with E-state index < -0.39 is 0 Å². The molecular weight excluding hydrogens is 468 g/mol. The van der Waals surface area contributed by atoms with E-state index in [1.807, 2.05) is 18.2 Å². The second-order valence-corrected chi connectivity index (χ2v) is 11.7. The second kappa shape index (κ2) is 12.8. The minimum Gasteiger partial charge on any atom is -0.492 e. The summed E-state index contributed by atoms with van der Waals surface area (Å²) in [4.78, 5) is 16.0. The molecule has 1 amide bonds. The molecule has 0 aliphatic heterocycles. The van der Waals surface area contributed by atoms with Crippen LogP contribution in [0, 0.1) is 19.8 Å². The van der Waals surface area contributed by atoms with Crippen LogP contribution < -0.4 is 10.1 Å². The predicted molar refractivity (Wildman–Crippen MR) is 159 cm³/mol. The van der Waals surface area contributed by atoms with Crippen molar-refractivity contribution in [3.63, 3.8) is 0 Å².